The molecule has 1 amide bonds. The Morgan fingerprint density at radius 2 is 2.12 bits per heavy atom. The van der Waals surface area contributed by atoms with E-state index in [2.05, 4.69) is 20.4 Å². The Morgan fingerprint density at radius 1 is 1.36 bits per heavy atom. The van der Waals surface area contributed by atoms with E-state index < -0.39 is 0 Å². The zero-order chi connectivity index (χ0) is 17.8. The fourth-order valence-corrected chi connectivity index (χ4v) is 3.27. The Kier molecular flexibility index (Phi) is 5.58. The molecule has 134 valence electrons. The number of rotatable bonds is 5. The molecule has 1 N–H and O–H groups in total. The molecule has 0 radical (unpaired) electrons. The van der Waals surface area contributed by atoms with Crippen LogP contribution in [-0.2, 0) is 0 Å². The van der Waals surface area contributed by atoms with Gasteiger partial charge in [0.05, 0.1) is 10.6 Å². The maximum absolute atomic E-state index is 12.7. The minimum Gasteiger partial charge on any atom is -0.372 e. The number of benzene rings is 1. The third-order valence-corrected chi connectivity index (χ3v) is 4.80. The lowest BCUT2D eigenvalue weighted by atomic mass is 10.1. The molecule has 0 unspecified atom stereocenters. The van der Waals surface area contributed by atoms with E-state index in [1.54, 1.807) is 13.0 Å². The van der Waals surface area contributed by atoms with Crippen LogP contribution in [0.25, 0.3) is 0 Å². The lowest BCUT2D eigenvalue weighted by molar-refractivity contribution is 0.0927. The smallest absolute Gasteiger partial charge is 0.253 e. The van der Waals surface area contributed by atoms with E-state index in [4.69, 9.17) is 16.1 Å². The fraction of sp³-hybridized carbons (Fsp3) is 0.500. The number of aryl methyl sites for hydroxylation is 1. The molecule has 0 saturated carbocycles. The van der Waals surface area contributed by atoms with E-state index in [1.165, 1.54) is 19.3 Å². The van der Waals surface area contributed by atoms with Crippen molar-refractivity contribution in [2.75, 3.05) is 18.0 Å². The maximum atomic E-state index is 12.7. The van der Waals surface area contributed by atoms with Gasteiger partial charge in [-0.3, -0.25) is 4.79 Å². The second-order valence-corrected chi connectivity index (χ2v) is 6.73. The summed E-state index contributed by atoms with van der Waals surface area (Å²) in [5.74, 6) is 0.732. The molecule has 1 aliphatic rings. The lowest BCUT2D eigenvalue weighted by Crippen LogP contribution is -2.31. The van der Waals surface area contributed by atoms with Crippen molar-refractivity contribution < 1.29 is 9.32 Å². The van der Waals surface area contributed by atoms with Crippen molar-refractivity contribution in [2.24, 2.45) is 0 Å². The Morgan fingerprint density at radius 3 is 2.76 bits per heavy atom. The normalized spacial score (nSPS) is 15.9. The average Bonchev–Trinajstić information content (AvgIpc) is 3.07. The number of amides is 1. The van der Waals surface area contributed by atoms with E-state index in [0.29, 0.717) is 28.7 Å². The van der Waals surface area contributed by atoms with Crippen LogP contribution in [0.1, 0.15) is 60.7 Å². The molecule has 0 spiro atoms. The van der Waals surface area contributed by atoms with Crippen molar-refractivity contribution >= 4 is 23.2 Å². The highest BCUT2D eigenvalue weighted by atomic mass is 35.5. The van der Waals surface area contributed by atoms with Crippen molar-refractivity contribution in [1.29, 1.82) is 0 Å². The van der Waals surface area contributed by atoms with Gasteiger partial charge in [-0.1, -0.05) is 23.7 Å². The summed E-state index contributed by atoms with van der Waals surface area (Å²) in [5, 5.41) is 7.17. The lowest BCUT2D eigenvalue weighted by Gasteiger charge is -2.29. The van der Waals surface area contributed by atoms with E-state index in [9.17, 15) is 4.79 Å². The van der Waals surface area contributed by atoms with Gasteiger partial charge in [0, 0.05) is 18.8 Å². The van der Waals surface area contributed by atoms with Crippen molar-refractivity contribution in [3.8, 4) is 0 Å². The minimum absolute atomic E-state index is 0.230. The predicted molar refractivity (Wildman–Crippen MR) is 97.0 cm³/mol. The molecule has 6 nitrogen and oxygen atoms in total. The first-order chi connectivity index (χ1) is 12.1. The Bertz CT molecular complexity index is 740. The number of carbonyl (C=O) groups is 1. The van der Waals surface area contributed by atoms with Gasteiger partial charge in [-0.05, 0) is 50.8 Å². The highest BCUT2D eigenvalue weighted by Crippen LogP contribution is 2.26. The van der Waals surface area contributed by atoms with Crippen LogP contribution in [0.4, 0.5) is 5.69 Å². The van der Waals surface area contributed by atoms with Gasteiger partial charge in [0.1, 0.15) is 6.04 Å². The topological polar surface area (TPSA) is 71.3 Å². The summed E-state index contributed by atoms with van der Waals surface area (Å²) in [6, 6.07) is 5.30. The van der Waals surface area contributed by atoms with Gasteiger partial charge < -0.3 is 14.7 Å². The molecule has 0 bridgehead atoms. The number of hydrogen-bond acceptors (Lipinski definition) is 5. The first-order valence-corrected chi connectivity index (χ1v) is 9.12. The first kappa shape index (κ1) is 17.7. The van der Waals surface area contributed by atoms with Gasteiger partial charge in [0.2, 0.25) is 5.89 Å². The molecule has 2 heterocycles. The molecule has 1 aliphatic heterocycles. The van der Waals surface area contributed by atoms with E-state index >= 15 is 0 Å². The summed E-state index contributed by atoms with van der Waals surface area (Å²) < 4.78 is 5.19. The van der Waals surface area contributed by atoms with Gasteiger partial charge in [-0.2, -0.15) is 4.98 Å². The van der Waals surface area contributed by atoms with Crippen LogP contribution in [0.15, 0.2) is 22.7 Å². The average molecular weight is 363 g/mol. The Labute approximate surface area is 152 Å². The van der Waals surface area contributed by atoms with Crippen LogP contribution in [0.3, 0.4) is 0 Å². The van der Waals surface area contributed by atoms with E-state index in [0.717, 1.165) is 18.8 Å². The van der Waals surface area contributed by atoms with Crippen LogP contribution < -0.4 is 10.2 Å². The number of halogens is 1. The van der Waals surface area contributed by atoms with Crippen LogP contribution in [0.5, 0.6) is 0 Å². The molecule has 25 heavy (non-hydrogen) atoms. The molecule has 7 heteroatoms. The number of anilines is 1. The first-order valence-electron chi connectivity index (χ1n) is 8.74. The number of nitrogens with zero attached hydrogens (tertiary/aromatic N) is 3. The van der Waals surface area contributed by atoms with Crippen LogP contribution in [-0.4, -0.2) is 29.1 Å². The molecule has 1 saturated heterocycles. The second kappa shape index (κ2) is 7.87. The largest absolute Gasteiger partial charge is 0.372 e. The van der Waals surface area contributed by atoms with Crippen molar-refractivity contribution in [1.82, 2.24) is 15.5 Å². The van der Waals surface area contributed by atoms with Crippen LogP contribution in [0, 0.1) is 6.92 Å². The molecule has 0 aliphatic carbocycles. The zero-order valence-corrected chi connectivity index (χ0v) is 15.3. The molecule has 1 fully saturated rings. The summed E-state index contributed by atoms with van der Waals surface area (Å²) >= 11 is 6.28. The van der Waals surface area contributed by atoms with Crippen molar-refractivity contribution in [3.05, 3.63) is 40.5 Å². The van der Waals surface area contributed by atoms with Gasteiger partial charge in [0.25, 0.3) is 5.91 Å². The van der Waals surface area contributed by atoms with Gasteiger partial charge in [-0.25, -0.2) is 0 Å². The second-order valence-electron chi connectivity index (χ2n) is 6.33. The van der Waals surface area contributed by atoms with E-state index in [-0.39, 0.29) is 11.9 Å². The van der Waals surface area contributed by atoms with Crippen molar-refractivity contribution in [3.63, 3.8) is 0 Å². The van der Waals surface area contributed by atoms with Gasteiger partial charge in [0.15, 0.2) is 5.82 Å². The molecule has 3 rings (SSSR count). The standard InChI is InChI=1S/C18H23ClN4O2/c1-3-16(18-20-12(2)22-25-18)21-17(24)14-11-13(7-8-15(14)19)23-9-5-4-6-10-23/h7-8,11,16H,3-6,9-10H2,1-2H3,(H,21,24)/t16-/m0/s1. The zero-order valence-electron chi connectivity index (χ0n) is 14.6. The maximum Gasteiger partial charge on any atom is 0.253 e. The number of aromatic nitrogens is 2. The molecule has 1 atom stereocenters. The number of carbonyl (C=O) groups excluding carboxylic acids is 1. The summed E-state index contributed by atoms with van der Waals surface area (Å²) in [7, 11) is 0. The Hall–Kier alpha value is -2.08. The highest BCUT2D eigenvalue weighted by Gasteiger charge is 2.22. The number of piperidine rings is 1. The quantitative estimate of drug-likeness (QED) is 0.873. The van der Waals surface area contributed by atoms with Crippen molar-refractivity contribution in [2.45, 2.75) is 45.6 Å². The van der Waals surface area contributed by atoms with Gasteiger partial charge >= 0.3 is 0 Å². The third-order valence-electron chi connectivity index (χ3n) is 4.47. The molecular formula is C18H23ClN4O2. The van der Waals surface area contributed by atoms with E-state index in [1.807, 2.05) is 19.1 Å². The van der Waals surface area contributed by atoms with Crippen LogP contribution in [0.2, 0.25) is 5.02 Å². The van der Waals surface area contributed by atoms with Crippen LogP contribution >= 0.6 is 11.6 Å². The molecule has 1 aromatic heterocycles. The summed E-state index contributed by atoms with van der Waals surface area (Å²) in [6.07, 6.45) is 4.27. The molecule has 1 aromatic carbocycles. The third kappa shape index (κ3) is 4.12. The number of nitrogens with one attached hydrogen (secondary N) is 1. The summed E-state index contributed by atoms with van der Waals surface area (Å²) in [5.41, 5.74) is 1.51. The fourth-order valence-electron chi connectivity index (χ4n) is 3.07. The van der Waals surface area contributed by atoms with Gasteiger partial charge in [-0.15, -0.1) is 0 Å². The highest BCUT2D eigenvalue weighted by molar-refractivity contribution is 6.34. The monoisotopic (exact) mass is 362 g/mol. The SMILES string of the molecule is CC[C@H](NC(=O)c1cc(N2CCCCC2)ccc1Cl)c1nc(C)no1. The Balaban J connectivity index is 1.78. The predicted octanol–water partition coefficient (Wildman–Crippen LogP) is 3.90. The summed E-state index contributed by atoms with van der Waals surface area (Å²) in [4.78, 5) is 19.3. The summed E-state index contributed by atoms with van der Waals surface area (Å²) in [6.45, 7) is 5.74. The molecule has 2 aromatic rings. The number of hydrogen-bond donors (Lipinski definition) is 1. The minimum atomic E-state index is -0.330. The molecular weight excluding hydrogens is 340 g/mol.